The van der Waals surface area contributed by atoms with E-state index >= 15 is 0 Å². The van der Waals surface area contributed by atoms with Crippen LogP contribution in [-0.2, 0) is 21.2 Å². The fourth-order valence-electron chi connectivity index (χ4n) is 2.87. The van der Waals surface area contributed by atoms with E-state index < -0.39 is 10.0 Å². The average molecular weight is 437 g/mol. The van der Waals surface area contributed by atoms with Gasteiger partial charge in [0, 0.05) is 19.6 Å². The molecule has 1 saturated heterocycles. The molecule has 4 rings (SSSR count). The van der Waals surface area contributed by atoms with Crippen LogP contribution < -0.4 is 5.32 Å². The number of morpholine rings is 1. The summed E-state index contributed by atoms with van der Waals surface area (Å²) in [5, 5.41) is 15.4. The largest absolute Gasteiger partial charge is 0.379 e. The number of rotatable bonds is 7. The molecule has 3 aromatic rings. The molecular formula is C18H20N4O3S3. The molecule has 3 heterocycles. The summed E-state index contributed by atoms with van der Waals surface area (Å²) < 4.78 is 32.0. The monoisotopic (exact) mass is 436 g/mol. The second kappa shape index (κ2) is 8.66. The van der Waals surface area contributed by atoms with Crippen molar-refractivity contribution in [1.82, 2.24) is 14.5 Å². The second-order valence-electron chi connectivity index (χ2n) is 6.23. The molecule has 28 heavy (non-hydrogen) atoms. The van der Waals surface area contributed by atoms with Gasteiger partial charge in [0.05, 0.1) is 23.0 Å². The topological polar surface area (TPSA) is 84.4 Å². The molecule has 0 saturated carbocycles. The average Bonchev–Trinajstić information content (AvgIpc) is 3.41. The smallest absolute Gasteiger partial charge is 0.243 e. The van der Waals surface area contributed by atoms with Gasteiger partial charge < -0.3 is 10.1 Å². The summed E-state index contributed by atoms with van der Waals surface area (Å²) in [5.74, 6) is 0. The zero-order valence-corrected chi connectivity index (χ0v) is 17.5. The number of benzene rings is 1. The molecule has 0 radical (unpaired) electrons. The Morgan fingerprint density at radius 1 is 1.11 bits per heavy atom. The van der Waals surface area contributed by atoms with Gasteiger partial charge in [-0.25, -0.2) is 8.42 Å². The molecule has 0 atom stereocenters. The van der Waals surface area contributed by atoms with Crippen molar-refractivity contribution in [2.75, 3.05) is 38.2 Å². The van der Waals surface area contributed by atoms with E-state index in [0.29, 0.717) is 37.7 Å². The molecule has 1 aliphatic heterocycles. The molecule has 0 aliphatic carbocycles. The predicted molar refractivity (Wildman–Crippen MR) is 111 cm³/mol. The molecule has 0 spiro atoms. The Bertz CT molecular complexity index is 995. The van der Waals surface area contributed by atoms with Crippen molar-refractivity contribution in [2.45, 2.75) is 11.3 Å². The van der Waals surface area contributed by atoms with E-state index in [2.05, 4.69) is 15.5 Å². The van der Waals surface area contributed by atoms with Gasteiger partial charge in [0.1, 0.15) is 0 Å². The summed E-state index contributed by atoms with van der Waals surface area (Å²) in [6, 6.07) is 11.1. The molecule has 2 aromatic heterocycles. The van der Waals surface area contributed by atoms with Crippen LogP contribution >= 0.6 is 22.7 Å². The lowest BCUT2D eigenvalue weighted by Crippen LogP contribution is -2.40. The predicted octanol–water partition coefficient (Wildman–Crippen LogP) is 2.94. The first-order chi connectivity index (χ1) is 13.6. The summed E-state index contributed by atoms with van der Waals surface area (Å²) in [5.41, 5.74) is 1.07. The van der Waals surface area contributed by atoms with Crippen LogP contribution in [0.3, 0.4) is 0 Å². The van der Waals surface area contributed by atoms with E-state index in [9.17, 15) is 8.42 Å². The maximum atomic E-state index is 12.6. The van der Waals surface area contributed by atoms with Crippen LogP contribution in [0, 0.1) is 0 Å². The summed E-state index contributed by atoms with van der Waals surface area (Å²) in [6.07, 6.45) is 0.770. The van der Waals surface area contributed by atoms with Crippen LogP contribution in [0.5, 0.6) is 0 Å². The lowest BCUT2D eigenvalue weighted by atomic mass is 10.1. The van der Waals surface area contributed by atoms with Crippen molar-refractivity contribution < 1.29 is 13.2 Å². The van der Waals surface area contributed by atoms with E-state index in [1.807, 2.05) is 29.6 Å². The van der Waals surface area contributed by atoms with Crippen LogP contribution in [0.2, 0.25) is 0 Å². The Kier molecular flexibility index (Phi) is 6.02. The molecule has 148 valence electrons. The first-order valence-electron chi connectivity index (χ1n) is 8.91. The summed E-state index contributed by atoms with van der Waals surface area (Å²) in [7, 11) is -3.44. The maximum absolute atomic E-state index is 12.6. The van der Waals surface area contributed by atoms with E-state index in [0.717, 1.165) is 27.0 Å². The Morgan fingerprint density at radius 2 is 1.89 bits per heavy atom. The minimum Gasteiger partial charge on any atom is -0.379 e. The molecule has 1 aromatic carbocycles. The zero-order valence-electron chi connectivity index (χ0n) is 15.1. The van der Waals surface area contributed by atoms with Gasteiger partial charge in [0.2, 0.25) is 15.2 Å². The molecule has 10 heteroatoms. The van der Waals surface area contributed by atoms with Crippen LogP contribution in [0.4, 0.5) is 5.13 Å². The zero-order chi connectivity index (χ0) is 19.4. The number of nitrogens with one attached hydrogen (secondary N) is 1. The highest BCUT2D eigenvalue weighted by atomic mass is 32.2. The van der Waals surface area contributed by atoms with E-state index in [1.165, 1.54) is 15.6 Å². The fourth-order valence-corrected chi connectivity index (χ4v) is 5.84. The molecule has 1 N–H and O–H groups in total. The van der Waals surface area contributed by atoms with E-state index in [1.54, 1.807) is 23.5 Å². The quantitative estimate of drug-likeness (QED) is 0.613. The third kappa shape index (κ3) is 4.41. The normalized spacial score (nSPS) is 15.6. The molecule has 1 aliphatic rings. The Hall–Kier alpha value is -1.85. The van der Waals surface area contributed by atoms with E-state index in [-0.39, 0.29) is 0 Å². The molecule has 0 bridgehead atoms. The minimum atomic E-state index is -3.44. The highest BCUT2D eigenvalue weighted by Crippen LogP contribution is 2.29. The standard InChI is InChI=1S/C18H20N4O3S3/c23-28(24,22-9-11-25-12-10-22)15-5-3-14(4-6-15)7-8-19-18-21-20-17(27-18)16-2-1-13-26-16/h1-6,13H,7-12H2,(H,19,21). The van der Waals surface area contributed by atoms with Crippen LogP contribution in [0.15, 0.2) is 46.7 Å². The lowest BCUT2D eigenvalue weighted by molar-refractivity contribution is 0.0730. The highest BCUT2D eigenvalue weighted by Gasteiger charge is 2.26. The molecule has 0 unspecified atom stereocenters. The van der Waals surface area contributed by atoms with Gasteiger partial charge in [-0.3, -0.25) is 0 Å². The van der Waals surface area contributed by atoms with Crippen molar-refractivity contribution >= 4 is 37.8 Å². The third-order valence-electron chi connectivity index (χ3n) is 4.38. The van der Waals surface area contributed by atoms with Crippen LogP contribution in [0.1, 0.15) is 5.56 Å². The maximum Gasteiger partial charge on any atom is 0.243 e. The number of sulfonamides is 1. The molecule has 1 fully saturated rings. The number of thiophene rings is 1. The van der Waals surface area contributed by atoms with Crippen molar-refractivity contribution in [3.05, 3.63) is 47.3 Å². The first kappa shape index (κ1) is 19.5. The van der Waals surface area contributed by atoms with Crippen molar-refractivity contribution in [2.24, 2.45) is 0 Å². The molecule has 7 nitrogen and oxygen atoms in total. The Labute approximate surface area is 172 Å². The third-order valence-corrected chi connectivity index (χ3v) is 8.21. The van der Waals surface area contributed by atoms with Gasteiger partial charge in [-0.05, 0) is 35.6 Å². The number of hydrogen-bond acceptors (Lipinski definition) is 8. The summed E-state index contributed by atoms with van der Waals surface area (Å²) >= 11 is 3.17. The SMILES string of the molecule is O=S(=O)(c1ccc(CCNc2nnc(-c3cccs3)s2)cc1)N1CCOCC1. The summed E-state index contributed by atoms with van der Waals surface area (Å²) in [6.45, 7) is 2.41. The van der Waals surface area contributed by atoms with Crippen molar-refractivity contribution in [1.29, 1.82) is 0 Å². The second-order valence-corrected chi connectivity index (χ2v) is 10.1. The molecule has 0 amide bonds. The van der Waals surface area contributed by atoms with Crippen molar-refractivity contribution in [3.8, 4) is 9.88 Å². The van der Waals surface area contributed by atoms with Gasteiger partial charge in [-0.2, -0.15) is 4.31 Å². The number of hydrogen-bond donors (Lipinski definition) is 1. The summed E-state index contributed by atoms with van der Waals surface area (Å²) in [4.78, 5) is 1.44. The Balaban J connectivity index is 1.32. The van der Waals surface area contributed by atoms with Gasteiger partial charge in [-0.1, -0.05) is 29.5 Å². The van der Waals surface area contributed by atoms with Crippen molar-refractivity contribution in [3.63, 3.8) is 0 Å². The molecular weight excluding hydrogens is 416 g/mol. The Morgan fingerprint density at radius 3 is 2.61 bits per heavy atom. The van der Waals surface area contributed by atoms with Gasteiger partial charge >= 0.3 is 0 Å². The van der Waals surface area contributed by atoms with Gasteiger partial charge in [-0.15, -0.1) is 21.5 Å². The number of aromatic nitrogens is 2. The minimum absolute atomic E-state index is 0.329. The number of ether oxygens (including phenoxy) is 1. The number of nitrogens with zero attached hydrogens (tertiary/aromatic N) is 3. The van der Waals surface area contributed by atoms with Gasteiger partial charge in [0.25, 0.3) is 0 Å². The van der Waals surface area contributed by atoms with Gasteiger partial charge in [0.15, 0.2) is 5.01 Å². The van der Waals surface area contributed by atoms with E-state index in [4.69, 9.17) is 4.74 Å². The van der Waals surface area contributed by atoms with Crippen LogP contribution in [0.25, 0.3) is 9.88 Å². The van der Waals surface area contributed by atoms with Crippen LogP contribution in [-0.4, -0.2) is 55.8 Å². The first-order valence-corrected chi connectivity index (χ1v) is 12.0. The highest BCUT2D eigenvalue weighted by molar-refractivity contribution is 7.89. The fraction of sp³-hybridized carbons (Fsp3) is 0.333. The number of anilines is 1. The lowest BCUT2D eigenvalue weighted by Gasteiger charge is -2.26.